The lowest BCUT2D eigenvalue weighted by atomic mass is 9.99. The number of carbonyl (C=O) groups excluding carboxylic acids is 1. The summed E-state index contributed by atoms with van der Waals surface area (Å²) in [5.74, 6) is 1.44. The van der Waals surface area contributed by atoms with E-state index in [-0.39, 0.29) is 11.9 Å². The molecular formula is C32H42N4O3. The van der Waals surface area contributed by atoms with E-state index >= 15 is 0 Å². The standard InChI is InChI=1S/C32H42N4O3/c1-5-33-18-19-34-28-14-9-13-26-27(28)23-36(32(26)37)29(25-16-17-30(38-3)31(21-25)39-4)15-10-20-35(2)22-24-11-7-6-8-12-24/h6-9,11-14,16-17,21,29,33-34H,5,10,15,18-20,22-23H2,1-4H3/t29-/m1/s1. The Morgan fingerprint density at radius 3 is 2.51 bits per heavy atom. The fraction of sp³-hybridized carbons (Fsp3) is 0.406. The first-order chi connectivity index (χ1) is 19.0. The normalized spacial score (nSPS) is 13.5. The van der Waals surface area contributed by atoms with Crippen molar-refractivity contribution in [3.63, 3.8) is 0 Å². The maximum Gasteiger partial charge on any atom is 0.255 e. The summed E-state index contributed by atoms with van der Waals surface area (Å²) in [5, 5.41) is 6.87. The minimum absolute atomic E-state index is 0.0792. The van der Waals surface area contributed by atoms with Crippen molar-refractivity contribution in [2.24, 2.45) is 0 Å². The van der Waals surface area contributed by atoms with Gasteiger partial charge in [-0.3, -0.25) is 4.79 Å². The Bertz CT molecular complexity index is 1220. The van der Waals surface area contributed by atoms with Crippen LogP contribution in [0.4, 0.5) is 5.69 Å². The largest absolute Gasteiger partial charge is 0.493 e. The quantitative estimate of drug-likeness (QED) is 0.259. The summed E-state index contributed by atoms with van der Waals surface area (Å²) in [6, 6.07) is 22.5. The number of anilines is 1. The van der Waals surface area contributed by atoms with Crippen LogP contribution in [0.3, 0.4) is 0 Å². The third kappa shape index (κ3) is 7.11. The van der Waals surface area contributed by atoms with E-state index in [4.69, 9.17) is 9.47 Å². The molecule has 2 N–H and O–H groups in total. The van der Waals surface area contributed by atoms with Gasteiger partial charge in [0, 0.05) is 43.0 Å². The SMILES string of the molecule is CCNCCNc1cccc2c1CN([C@H](CCCN(C)Cc1ccccc1)c1ccc(OC)c(OC)c1)C2=O. The van der Waals surface area contributed by atoms with E-state index in [9.17, 15) is 4.79 Å². The lowest BCUT2D eigenvalue weighted by Gasteiger charge is -2.30. The summed E-state index contributed by atoms with van der Waals surface area (Å²) in [6.45, 7) is 7.15. The number of methoxy groups -OCH3 is 2. The summed E-state index contributed by atoms with van der Waals surface area (Å²) in [4.78, 5) is 18.1. The monoisotopic (exact) mass is 530 g/mol. The van der Waals surface area contributed by atoms with Crippen LogP contribution in [-0.2, 0) is 13.1 Å². The van der Waals surface area contributed by atoms with Gasteiger partial charge in [-0.2, -0.15) is 0 Å². The summed E-state index contributed by atoms with van der Waals surface area (Å²) < 4.78 is 11.1. The number of ether oxygens (including phenoxy) is 2. The second-order valence-corrected chi connectivity index (χ2v) is 10.0. The van der Waals surface area contributed by atoms with Gasteiger partial charge in [0.2, 0.25) is 0 Å². The molecule has 4 rings (SSSR count). The summed E-state index contributed by atoms with van der Waals surface area (Å²) in [6.07, 6.45) is 1.80. The van der Waals surface area contributed by atoms with Gasteiger partial charge in [-0.15, -0.1) is 0 Å². The highest BCUT2D eigenvalue weighted by Gasteiger charge is 2.35. The molecule has 0 saturated carbocycles. The molecule has 0 aromatic heterocycles. The number of nitrogens with zero attached hydrogens (tertiary/aromatic N) is 2. The number of fused-ring (bicyclic) bond motifs is 1. The smallest absolute Gasteiger partial charge is 0.255 e. The van der Waals surface area contributed by atoms with Crippen molar-refractivity contribution in [1.82, 2.24) is 15.1 Å². The van der Waals surface area contributed by atoms with E-state index in [2.05, 4.69) is 65.9 Å². The van der Waals surface area contributed by atoms with E-state index < -0.39 is 0 Å². The van der Waals surface area contributed by atoms with Gasteiger partial charge in [0.1, 0.15) is 0 Å². The maximum absolute atomic E-state index is 13.8. The van der Waals surface area contributed by atoms with Gasteiger partial charge in [-0.05, 0) is 68.4 Å². The van der Waals surface area contributed by atoms with Crippen LogP contribution in [0.15, 0.2) is 66.7 Å². The third-order valence-electron chi connectivity index (χ3n) is 7.34. The summed E-state index contributed by atoms with van der Waals surface area (Å²) in [7, 11) is 5.45. The molecule has 1 aliphatic heterocycles. The molecule has 7 heteroatoms. The average molecular weight is 531 g/mol. The number of carbonyl (C=O) groups is 1. The minimum Gasteiger partial charge on any atom is -0.493 e. The van der Waals surface area contributed by atoms with E-state index in [1.165, 1.54) is 5.56 Å². The Hall–Kier alpha value is -3.55. The number of hydrogen-bond donors (Lipinski definition) is 2. The van der Waals surface area contributed by atoms with Crippen molar-refractivity contribution >= 4 is 11.6 Å². The van der Waals surface area contributed by atoms with Crippen molar-refractivity contribution in [1.29, 1.82) is 0 Å². The zero-order valence-corrected chi connectivity index (χ0v) is 23.7. The minimum atomic E-state index is -0.0792. The molecule has 0 radical (unpaired) electrons. The van der Waals surface area contributed by atoms with Gasteiger partial charge in [-0.1, -0.05) is 49.4 Å². The fourth-order valence-electron chi connectivity index (χ4n) is 5.33. The van der Waals surface area contributed by atoms with Gasteiger partial charge in [-0.25, -0.2) is 0 Å². The number of likely N-dealkylation sites (N-methyl/N-ethyl adjacent to an activating group) is 1. The van der Waals surface area contributed by atoms with Crippen molar-refractivity contribution in [2.75, 3.05) is 52.8 Å². The van der Waals surface area contributed by atoms with Gasteiger partial charge in [0.15, 0.2) is 11.5 Å². The molecular weight excluding hydrogens is 488 g/mol. The number of nitrogens with one attached hydrogen (secondary N) is 2. The molecule has 3 aromatic rings. The molecule has 1 amide bonds. The topological polar surface area (TPSA) is 66.1 Å². The molecule has 0 aliphatic carbocycles. The molecule has 3 aromatic carbocycles. The van der Waals surface area contributed by atoms with Gasteiger partial charge in [0.25, 0.3) is 5.91 Å². The predicted molar refractivity (Wildman–Crippen MR) is 158 cm³/mol. The van der Waals surface area contributed by atoms with Crippen molar-refractivity contribution in [3.8, 4) is 11.5 Å². The van der Waals surface area contributed by atoms with E-state index in [0.717, 1.165) is 67.9 Å². The first-order valence-corrected chi connectivity index (χ1v) is 13.9. The van der Waals surface area contributed by atoms with Crippen LogP contribution in [0.25, 0.3) is 0 Å². The zero-order valence-electron chi connectivity index (χ0n) is 23.7. The first-order valence-electron chi connectivity index (χ1n) is 13.9. The molecule has 39 heavy (non-hydrogen) atoms. The van der Waals surface area contributed by atoms with Gasteiger partial charge in [0.05, 0.1) is 20.3 Å². The van der Waals surface area contributed by atoms with E-state index in [0.29, 0.717) is 18.0 Å². The highest BCUT2D eigenvalue weighted by atomic mass is 16.5. The third-order valence-corrected chi connectivity index (χ3v) is 7.34. The van der Waals surface area contributed by atoms with Crippen LogP contribution in [0.1, 0.15) is 52.9 Å². The first kappa shape index (κ1) is 28.5. The molecule has 7 nitrogen and oxygen atoms in total. The molecule has 1 aliphatic rings. The summed E-state index contributed by atoms with van der Waals surface area (Å²) in [5.41, 5.74) is 5.26. The van der Waals surface area contributed by atoms with E-state index in [1.807, 2.05) is 35.2 Å². The van der Waals surface area contributed by atoms with Crippen LogP contribution in [0, 0.1) is 0 Å². The van der Waals surface area contributed by atoms with Crippen molar-refractivity contribution < 1.29 is 14.3 Å². The fourth-order valence-corrected chi connectivity index (χ4v) is 5.33. The van der Waals surface area contributed by atoms with Crippen LogP contribution in [0.2, 0.25) is 0 Å². The molecule has 1 atom stereocenters. The number of hydrogen-bond acceptors (Lipinski definition) is 6. The number of amides is 1. The van der Waals surface area contributed by atoms with Crippen LogP contribution in [0.5, 0.6) is 11.5 Å². The average Bonchev–Trinajstić information content (AvgIpc) is 3.30. The Morgan fingerprint density at radius 2 is 1.77 bits per heavy atom. The molecule has 0 fully saturated rings. The Kier molecular flexibility index (Phi) is 10.2. The van der Waals surface area contributed by atoms with E-state index in [1.54, 1.807) is 14.2 Å². The van der Waals surface area contributed by atoms with Crippen LogP contribution >= 0.6 is 0 Å². The number of benzene rings is 3. The van der Waals surface area contributed by atoms with Crippen LogP contribution < -0.4 is 20.1 Å². The second-order valence-electron chi connectivity index (χ2n) is 10.0. The van der Waals surface area contributed by atoms with Gasteiger partial charge < -0.3 is 29.9 Å². The maximum atomic E-state index is 13.8. The molecule has 0 saturated heterocycles. The zero-order chi connectivity index (χ0) is 27.6. The molecule has 0 bridgehead atoms. The highest BCUT2D eigenvalue weighted by Crippen LogP contribution is 2.39. The lowest BCUT2D eigenvalue weighted by Crippen LogP contribution is -2.30. The predicted octanol–water partition coefficient (Wildman–Crippen LogP) is 5.33. The second kappa shape index (κ2) is 14.0. The lowest BCUT2D eigenvalue weighted by molar-refractivity contribution is 0.0686. The Labute approximate surface area is 233 Å². The molecule has 208 valence electrons. The van der Waals surface area contributed by atoms with Crippen LogP contribution in [-0.4, -0.2) is 63.2 Å². The van der Waals surface area contributed by atoms with Gasteiger partial charge >= 0.3 is 0 Å². The highest BCUT2D eigenvalue weighted by molar-refractivity contribution is 6.00. The Morgan fingerprint density at radius 1 is 0.974 bits per heavy atom. The number of rotatable bonds is 15. The molecule has 1 heterocycles. The molecule has 0 unspecified atom stereocenters. The Balaban J connectivity index is 1.53. The van der Waals surface area contributed by atoms with Crippen molar-refractivity contribution in [3.05, 3.63) is 89.0 Å². The molecule has 0 spiro atoms. The summed E-state index contributed by atoms with van der Waals surface area (Å²) >= 11 is 0. The van der Waals surface area contributed by atoms with Crippen molar-refractivity contribution in [2.45, 2.75) is 38.9 Å².